The van der Waals surface area contributed by atoms with E-state index in [1.807, 2.05) is 6.92 Å². The maximum absolute atomic E-state index is 12.5. The molecular weight excluding hydrogens is 524 g/mol. The smallest absolute Gasteiger partial charge is 0.322 e. The average molecular weight is 559 g/mol. The summed E-state index contributed by atoms with van der Waals surface area (Å²) in [5, 5.41) is 2.64. The summed E-state index contributed by atoms with van der Waals surface area (Å²) in [4.78, 5) is 59.5. The number of ketones is 2. The average Bonchev–Trinajstić information content (AvgIpc) is 2.72. The molecule has 0 radical (unpaired) electrons. The predicted octanol–water partition coefficient (Wildman–Crippen LogP) is -1.19. The number of rotatable bonds is 18. The highest BCUT2D eigenvalue weighted by Gasteiger charge is 2.23. The van der Waals surface area contributed by atoms with Crippen LogP contribution in [0.5, 0.6) is 0 Å². The number of amides is 1. The van der Waals surface area contributed by atoms with E-state index in [9.17, 15) is 24.0 Å². The van der Waals surface area contributed by atoms with Gasteiger partial charge in [0.05, 0.1) is 31.4 Å². The molecule has 0 aromatic rings. The lowest BCUT2D eigenvalue weighted by Crippen LogP contribution is -3.00. The van der Waals surface area contributed by atoms with Gasteiger partial charge in [-0.2, -0.15) is 0 Å². The highest BCUT2D eigenvalue weighted by Crippen LogP contribution is 2.23. The Kier molecular flexibility index (Phi) is 21.2. The number of carbonyl (C=O) groups excluding carboxylic acids is 5. The van der Waals surface area contributed by atoms with Gasteiger partial charge in [-0.25, -0.2) is 0 Å². The summed E-state index contributed by atoms with van der Waals surface area (Å²) >= 11 is 0. The molecule has 0 rings (SSSR count). The number of Topliss-reactive ketones (excluding diaryl/α,β-unsaturated/α-hetero) is 2. The van der Waals surface area contributed by atoms with Gasteiger partial charge in [0.25, 0.3) is 0 Å². The molecule has 3 N–H and O–H groups in total. The molecule has 0 aromatic carbocycles. The molecule has 2 atom stereocenters. The van der Waals surface area contributed by atoms with Gasteiger partial charge in [-0.1, -0.05) is 28.5 Å². The summed E-state index contributed by atoms with van der Waals surface area (Å²) in [5.41, 5.74) is 5.69. The van der Waals surface area contributed by atoms with Crippen molar-refractivity contribution in [1.82, 2.24) is 5.32 Å². The molecule has 0 aromatic heterocycles. The fourth-order valence-electron chi connectivity index (χ4n) is 2.34. The molecule has 0 fully saturated rings. The van der Waals surface area contributed by atoms with Crippen molar-refractivity contribution in [1.29, 1.82) is 0 Å². The van der Waals surface area contributed by atoms with Gasteiger partial charge in [0.2, 0.25) is 5.91 Å². The van der Waals surface area contributed by atoms with Crippen LogP contribution in [0, 0.1) is 0 Å². The summed E-state index contributed by atoms with van der Waals surface area (Å²) < 4.78 is 9.63. The van der Waals surface area contributed by atoms with Gasteiger partial charge in [0, 0.05) is 25.0 Å². The van der Waals surface area contributed by atoms with Crippen molar-refractivity contribution < 1.29 is 50.4 Å². The molecule has 0 heterocycles. The number of ether oxygens (including phenoxy) is 2. The molecule has 1 amide bonds. The predicted molar refractivity (Wildman–Crippen MR) is 121 cm³/mol. The molecule has 12 heteroatoms. The zero-order valence-corrected chi connectivity index (χ0v) is 22.1. The minimum Gasteiger partial charge on any atom is -1.00 e. The number of esters is 2. The Morgan fingerprint density at radius 3 is 2.16 bits per heavy atom. The third-order valence-electron chi connectivity index (χ3n) is 3.94. The van der Waals surface area contributed by atoms with Gasteiger partial charge in [-0.3, -0.25) is 24.0 Å². The Morgan fingerprint density at radius 1 is 0.906 bits per heavy atom. The van der Waals surface area contributed by atoms with Crippen LogP contribution in [0.1, 0.15) is 59.3 Å². The number of halogens is 1. The molecule has 186 valence electrons. The molecule has 9 nitrogen and oxygen atoms in total. The van der Waals surface area contributed by atoms with Gasteiger partial charge in [-0.15, -0.1) is 0 Å². The number of hydrogen-bond acceptors (Lipinski definition) is 10. The van der Waals surface area contributed by atoms with E-state index in [1.165, 1.54) is 21.6 Å². The van der Waals surface area contributed by atoms with Gasteiger partial charge < -0.3 is 37.5 Å². The van der Waals surface area contributed by atoms with Crippen LogP contribution in [-0.4, -0.2) is 66.2 Å². The topological polar surface area (TPSA) is 142 Å². The molecule has 32 heavy (non-hydrogen) atoms. The second-order valence-corrected chi connectivity index (χ2v) is 9.13. The molecule has 0 saturated heterocycles. The first-order chi connectivity index (χ1) is 14.7. The summed E-state index contributed by atoms with van der Waals surface area (Å²) in [6, 6.07) is -1.74. The van der Waals surface area contributed by atoms with E-state index in [0.29, 0.717) is 12.2 Å². The molecule has 0 bridgehead atoms. The van der Waals surface area contributed by atoms with Crippen LogP contribution in [0.3, 0.4) is 0 Å². The molecule has 0 spiro atoms. The third-order valence-corrected chi connectivity index (χ3v) is 6.28. The minimum absolute atomic E-state index is 0. The highest BCUT2D eigenvalue weighted by molar-refractivity contribution is 8.76. The Labute approximate surface area is 208 Å². The zero-order valence-electron chi connectivity index (χ0n) is 18.9. The minimum atomic E-state index is -0.918. The second kappa shape index (κ2) is 20.5. The monoisotopic (exact) mass is 557 g/mol. The quantitative estimate of drug-likeness (QED) is 0.120. The molecule has 2 unspecified atom stereocenters. The van der Waals surface area contributed by atoms with Crippen molar-refractivity contribution in [2.75, 3.05) is 24.7 Å². The van der Waals surface area contributed by atoms with E-state index >= 15 is 0 Å². The van der Waals surface area contributed by atoms with Crippen LogP contribution in [-0.2, 0) is 33.4 Å². The summed E-state index contributed by atoms with van der Waals surface area (Å²) in [6.07, 6.45) is 1.19. The van der Waals surface area contributed by atoms with E-state index in [-0.39, 0.29) is 73.2 Å². The third kappa shape index (κ3) is 16.5. The Morgan fingerprint density at radius 2 is 1.56 bits per heavy atom. The molecule has 0 aliphatic heterocycles. The Hall–Kier alpha value is -1.11. The van der Waals surface area contributed by atoms with E-state index in [0.717, 1.165) is 6.42 Å². The number of nitrogens with two attached hydrogens (primary N) is 1. The number of carbonyl (C=O) groups is 5. The van der Waals surface area contributed by atoms with Crippen LogP contribution in [0.2, 0.25) is 0 Å². The van der Waals surface area contributed by atoms with Crippen LogP contribution < -0.4 is 28.0 Å². The number of nitrogens with one attached hydrogen (secondary N) is 1. The van der Waals surface area contributed by atoms with E-state index in [2.05, 4.69) is 5.32 Å². The standard InChI is InChI=1S/C20H34N2O7S2.BrH/c1-4-7-14(23)12-30-31-13-16(17(24)9-11-19(26)28-5-2)22-18(25)10-8-15(21)20(27)29-6-3;/h15-16H,4-13,21H2,1-3H3,(H,22,25);1H/p-1. The van der Waals surface area contributed by atoms with Crippen molar-refractivity contribution in [2.24, 2.45) is 5.73 Å². The first kappa shape index (κ1) is 33.1. The normalized spacial score (nSPS) is 12.1. The first-order valence-corrected chi connectivity index (χ1v) is 12.9. The van der Waals surface area contributed by atoms with Crippen molar-refractivity contribution in [3.63, 3.8) is 0 Å². The van der Waals surface area contributed by atoms with Gasteiger partial charge in [0.15, 0.2) is 5.78 Å². The SMILES string of the molecule is CCCC(=O)CSSCC(NC(=O)CCC(N)C(=O)OCC)C(=O)CCC(=O)OCC.[Br-]. The summed E-state index contributed by atoms with van der Waals surface area (Å²) in [6.45, 7) is 5.70. The van der Waals surface area contributed by atoms with E-state index in [1.54, 1.807) is 13.8 Å². The van der Waals surface area contributed by atoms with Crippen molar-refractivity contribution in [2.45, 2.75) is 71.4 Å². The van der Waals surface area contributed by atoms with E-state index in [4.69, 9.17) is 15.2 Å². The first-order valence-electron chi connectivity index (χ1n) is 10.4. The zero-order chi connectivity index (χ0) is 23.6. The lowest BCUT2D eigenvalue weighted by atomic mass is 10.1. The summed E-state index contributed by atoms with van der Waals surface area (Å²) in [5.74, 6) is -1.09. The van der Waals surface area contributed by atoms with Gasteiger partial charge in [-0.05, 0) is 26.7 Å². The Balaban J connectivity index is 0. The molecule has 0 aliphatic rings. The van der Waals surface area contributed by atoms with Crippen molar-refractivity contribution in [3.8, 4) is 0 Å². The highest BCUT2D eigenvalue weighted by atomic mass is 79.9. The Bertz CT molecular complexity index is 608. The molecule has 0 saturated carbocycles. The van der Waals surface area contributed by atoms with Crippen LogP contribution in [0.4, 0.5) is 0 Å². The lowest BCUT2D eigenvalue weighted by Gasteiger charge is -2.18. The van der Waals surface area contributed by atoms with Crippen LogP contribution >= 0.6 is 21.6 Å². The number of hydrogen-bond donors (Lipinski definition) is 2. The maximum Gasteiger partial charge on any atom is 0.322 e. The largest absolute Gasteiger partial charge is 1.00 e. The van der Waals surface area contributed by atoms with Crippen LogP contribution in [0.15, 0.2) is 0 Å². The maximum atomic E-state index is 12.5. The van der Waals surface area contributed by atoms with Gasteiger partial charge >= 0.3 is 11.9 Å². The second-order valence-electron chi connectivity index (χ2n) is 6.62. The summed E-state index contributed by atoms with van der Waals surface area (Å²) in [7, 11) is 2.64. The fraction of sp³-hybridized carbons (Fsp3) is 0.750. The molecule has 0 aliphatic carbocycles. The lowest BCUT2D eigenvalue weighted by molar-refractivity contribution is -0.145. The van der Waals surface area contributed by atoms with Crippen LogP contribution in [0.25, 0.3) is 0 Å². The molecular formula is C20H34BrN2O7S2-. The fourth-order valence-corrected chi connectivity index (χ4v) is 4.54. The van der Waals surface area contributed by atoms with E-state index < -0.39 is 29.9 Å². The van der Waals surface area contributed by atoms with Crippen molar-refractivity contribution >= 4 is 51.0 Å². The van der Waals surface area contributed by atoms with Gasteiger partial charge in [0.1, 0.15) is 11.8 Å². The van der Waals surface area contributed by atoms with Crippen molar-refractivity contribution in [3.05, 3.63) is 0 Å².